The number of hydrogen-bond donors (Lipinski definition) is 2. The summed E-state index contributed by atoms with van der Waals surface area (Å²) in [6.07, 6.45) is 0.562. The van der Waals surface area contributed by atoms with Crippen molar-refractivity contribution >= 4 is 40.8 Å². The van der Waals surface area contributed by atoms with Crippen LogP contribution < -0.4 is 17.0 Å². The maximum Gasteiger partial charge on any atom is 0.340 e. The second-order valence-corrected chi connectivity index (χ2v) is 6.06. The number of esters is 1. The maximum atomic E-state index is 12.3. The topological polar surface area (TPSA) is 124 Å². The molecule has 0 amide bonds. The van der Waals surface area contributed by atoms with Crippen LogP contribution in [-0.4, -0.2) is 27.9 Å². The van der Waals surface area contributed by atoms with Gasteiger partial charge in [-0.15, -0.1) is 0 Å². The number of hydrogen-bond acceptors (Lipinski definition) is 6. The zero-order chi connectivity index (χ0) is 19.4. The molecule has 0 spiro atoms. The molecule has 0 fully saturated rings. The van der Waals surface area contributed by atoms with Crippen molar-refractivity contribution in [3.05, 3.63) is 60.2 Å². The van der Waals surface area contributed by atoms with Crippen LogP contribution in [0, 0.1) is 0 Å². The summed E-state index contributed by atoms with van der Waals surface area (Å²) in [7, 11) is 0. The van der Waals surface area contributed by atoms with E-state index >= 15 is 0 Å². The third-order valence-corrected chi connectivity index (χ3v) is 4.29. The van der Waals surface area contributed by atoms with Crippen molar-refractivity contribution in [1.82, 2.24) is 9.55 Å². The van der Waals surface area contributed by atoms with Gasteiger partial charge < -0.3 is 10.5 Å². The van der Waals surface area contributed by atoms with Crippen LogP contribution in [0.3, 0.4) is 0 Å². The Balaban J connectivity index is 2.24. The van der Waals surface area contributed by atoms with Crippen LogP contribution in [-0.2, 0) is 11.3 Å². The summed E-state index contributed by atoms with van der Waals surface area (Å²) in [6, 6.07) is 4.36. The summed E-state index contributed by atoms with van der Waals surface area (Å²) in [5, 5.41) is 0.139. The number of halogens is 2. The van der Waals surface area contributed by atoms with Crippen LogP contribution in [0.4, 0.5) is 5.82 Å². The standard InChI is InChI=1S/C16H15Cl2N3O5/c1-2-6-21-13(19)11(14(23)20-16(21)25)10(22)7-26-15(24)8-4-3-5-9(17)12(8)18/h3-5H,2,6-7,19H2,1H3,(H,20,23,25). The van der Waals surface area contributed by atoms with Crippen molar-refractivity contribution in [3.8, 4) is 0 Å². The SMILES string of the molecule is CCCn1c(N)c(C(=O)COC(=O)c2cccc(Cl)c2Cl)c(=O)[nH]c1=O. The first kappa shape index (κ1) is 19.7. The number of nitrogens with two attached hydrogens (primary N) is 1. The highest BCUT2D eigenvalue weighted by molar-refractivity contribution is 6.43. The van der Waals surface area contributed by atoms with Crippen LogP contribution in [0.15, 0.2) is 27.8 Å². The lowest BCUT2D eigenvalue weighted by Gasteiger charge is -2.11. The van der Waals surface area contributed by atoms with Gasteiger partial charge in [0.15, 0.2) is 6.61 Å². The van der Waals surface area contributed by atoms with E-state index in [0.717, 1.165) is 4.57 Å². The van der Waals surface area contributed by atoms with Gasteiger partial charge in [-0.1, -0.05) is 36.2 Å². The Kier molecular flexibility index (Phi) is 6.23. The minimum atomic E-state index is -0.943. The fraction of sp³-hybridized carbons (Fsp3) is 0.250. The van der Waals surface area contributed by atoms with Crippen LogP contribution in [0.1, 0.15) is 34.1 Å². The molecule has 3 N–H and O–H groups in total. The van der Waals surface area contributed by atoms with Crippen molar-refractivity contribution in [1.29, 1.82) is 0 Å². The van der Waals surface area contributed by atoms with E-state index in [-0.39, 0.29) is 28.0 Å². The summed E-state index contributed by atoms with van der Waals surface area (Å²) in [4.78, 5) is 50.0. The van der Waals surface area contributed by atoms with Gasteiger partial charge in [-0.25, -0.2) is 9.59 Å². The van der Waals surface area contributed by atoms with Crippen LogP contribution in [0.25, 0.3) is 0 Å². The van der Waals surface area contributed by atoms with Crippen molar-refractivity contribution < 1.29 is 14.3 Å². The normalized spacial score (nSPS) is 10.6. The highest BCUT2D eigenvalue weighted by Crippen LogP contribution is 2.26. The van der Waals surface area contributed by atoms with E-state index in [1.165, 1.54) is 18.2 Å². The zero-order valence-corrected chi connectivity index (χ0v) is 15.2. The molecule has 26 heavy (non-hydrogen) atoms. The lowest BCUT2D eigenvalue weighted by atomic mass is 10.2. The summed E-state index contributed by atoms with van der Waals surface area (Å²) in [5.74, 6) is -2.01. The third-order valence-electron chi connectivity index (χ3n) is 3.47. The molecule has 1 aromatic heterocycles. The predicted molar refractivity (Wildman–Crippen MR) is 97.1 cm³/mol. The number of Topliss-reactive ketones (excluding diaryl/α,β-unsaturated/α-hetero) is 1. The number of rotatable bonds is 6. The van der Waals surface area contributed by atoms with Gasteiger partial charge in [0.05, 0.1) is 15.6 Å². The Morgan fingerprint density at radius 1 is 1.27 bits per heavy atom. The van der Waals surface area contributed by atoms with E-state index in [2.05, 4.69) is 0 Å². The minimum absolute atomic E-state index is 0.0135. The van der Waals surface area contributed by atoms with Gasteiger partial charge in [0.25, 0.3) is 5.56 Å². The molecule has 0 saturated heterocycles. The molecule has 0 saturated carbocycles. The number of nitrogens with zero attached hydrogens (tertiary/aromatic N) is 1. The highest BCUT2D eigenvalue weighted by atomic mass is 35.5. The number of ketones is 1. The number of nitrogen functional groups attached to an aromatic ring is 1. The Hall–Kier alpha value is -2.58. The molecule has 1 heterocycles. The molecule has 2 aromatic rings. The fourth-order valence-electron chi connectivity index (χ4n) is 2.25. The molecule has 0 aliphatic rings. The van der Waals surface area contributed by atoms with Gasteiger partial charge in [0, 0.05) is 6.54 Å². The first-order valence-corrected chi connectivity index (χ1v) is 8.30. The number of carbonyl (C=O) groups is 2. The Morgan fingerprint density at radius 3 is 2.62 bits per heavy atom. The molecule has 0 atom stereocenters. The van der Waals surface area contributed by atoms with E-state index < -0.39 is 35.2 Å². The summed E-state index contributed by atoms with van der Waals surface area (Å²) in [6.45, 7) is 1.27. The number of nitrogens with one attached hydrogen (secondary N) is 1. The van der Waals surface area contributed by atoms with E-state index in [4.69, 9.17) is 33.7 Å². The summed E-state index contributed by atoms with van der Waals surface area (Å²) < 4.78 is 5.97. The van der Waals surface area contributed by atoms with Gasteiger partial charge >= 0.3 is 11.7 Å². The van der Waals surface area contributed by atoms with Gasteiger partial charge in [0.1, 0.15) is 11.4 Å². The van der Waals surface area contributed by atoms with E-state index in [1.54, 1.807) is 6.92 Å². The quantitative estimate of drug-likeness (QED) is 0.564. The van der Waals surface area contributed by atoms with Gasteiger partial charge in [-0.2, -0.15) is 0 Å². The Labute approximate surface area is 157 Å². The van der Waals surface area contributed by atoms with Crippen molar-refractivity contribution in [2.45, 2.75) is 19.9 Å². The third kappa shape index (κ3) is 3.97. The van der Waals surface area contributed by atoms with Crippen molar-refractivity contribution in [2.24, 2.45) is 0 Å². The molecule has 0 radical (unpaired) electrons. The van der Waals surface area contributed by atoms with Crippen LogP contribution in [0.5, 0.6) is 0 Å². The number of benzene rings is 1. The van der Waals surface area contributed by atoms with E-state index in [0.29, 0.717) is 6.42 Å². The van der Waals surface area contributed by atoms with Gasteiger partial charge in [-0.05, 0) is 18.6 Å². The predicted octanol–water partition coefficient (Wildman–Crippen LogP) is 1.88. The number of aromatic amines is 1. The Bertz CT molecular complexity index is 981. The molecule has 1 aromatic carbocycles. The molecule has 0 aliphatic carbocycles. The van der Waals surface area contributed by atoms with Crippen molar-refractivity contribution in [3.63, 3.8) is 0 Å². The molecule has 0 unspecified atom stereocenters. The fourth-order valence-corrected chi connectivity index (χ4v) is 2.62. The number of H-pyrrole nitrogens is 1. The van der Waals surface area contributed by atoms with Crippen LogP contribution in [0.2, 0.25) is 10.0 Å². The first-order chi connectivity index (χ1) is 12.3. The second-order valence-electron chi connectivity index (χ2n) is 5.27. The number of ether oxygens (including phenoxy) is 1. The van der Waals surface area contributed by atoms with Crippen LogP contribution >= 0.6 is 23.2 Å². The van der Waals surface area contributed by atoms with Gasteiger partial charge in [0.2, 0.25) is 5.78 Å². The summed E-state index contributed by atoms with van der Waals surface area (Å²) in [5.41, 5.74) is 3.65. The lowest BCUT2D eigenvalue weighted by Crippen LogP contribution is -2.37. The van der Waals surface area contributed by atoms with E-state index in [9.17, 15) is 19.2 Å². The maximum absolute atomic E-state index is 12.3. The summed E-state index contributed by atoms with van der Waals surface area (Å²) >= 11 is 11.7. The molecule has 138 valence electrons. The van der Waals surface area contributed by atoms with Gasteiger partial charge in [-0.3, -0.25) is 19.1 Å². The average Bonchev–Trinajstić information content (AvgIpc) is 2.58. The van der Waals surface area contributed by atoms with E-state index in [1.807, 2.05) is 4.98 Å². The second kappa shape index (κ2) is 8.20. The van der Waals surface area contributed by atoms with Crippen molar-refractivity contribution in [2.75, 3.05) is 12.3 Å². The number of aromatic nitrogens is 2. The molecule has 0 bridgehead atoms. The monoisotopic (exact) mass is 399 g/mol. The molecular formula is C16H15Cl2N3O5. The largest absolute Gasteiger partial charge is 0.454 e. The molecule has 0 aliphatic heterocycles. The smallest absolute Gasteiger partial charge is 0.340 e. The number of carbonyl (C=O) groups excluding carboxylic acids is 2. The average molecular weight is 400 g/mol. The Morgan fingerprint density at radius 2 is 1.96 bits per heavy atom. The first-order valence-electron chi connectivity index (χ1n) is 7.54. The molecule has 8 nitrogen and oxygen atoms in total. The lowest BCUT2D eigenvalue weighted by molar-refractivity contribution is 0.0474. The molecule has 10 heteroatoms. The molecular weight excluding hydrogens is 385 g/mol. The zero-order valence-electron chi connectivity index (χ0n) is 13.7. The molecule has 2 rings (SSSR count). The minimum Gasteiger partial charge on any atom is -0.454 e. The number of anilines is 1. The highest BCUT2D eigenvalue weighted by Gasteiger charge is 2.22.